The Balaban J connectivity index is 2.14. The first-order valence-corrected chi connectivity index (χ1v) is 5.80. The standard InChI is InChI=1S/C14H18N2O/c1-14(2,11-17)10-12-4-6-13(7-5-12)16-9-3-8-15-16/h3-9,17H,10-11H2,1-2H3. The van der Waals surface area contributed by atoms with Crippen molar-refractivity contribution < 1.29 is 5.11 Å². The first-order valence-electron chi connectivity index (χ1n) is 5.80. The number of aliphatic hydroxyl groups excluding tert-OH is 1. The monoisotopic (exact) mass is 230 g/mol. The van der Waals surface area contributed by atoms with Crippen molar-refractivity contribution in [3.8, 4) is 5.69 Å². The van der Waals surface area contributed by atoms with Crippen LogP contribution in [0, 0.1) is 5.41 Å². The molecule has 90 valence electrons. The van der Waals surface area contributed by atoms with Gasteiger partial charge in [0.2, 0.25) is 0 Å². The highest BCUT2D eigenvalue weighted by Crippen LogP contribution is 2.21. The van der Waals surface area contributed by atoms with E-state index in [9.17, 15) is 5.11 Å². The zero-order chi connectivity index (χ0) is 12.3. The van der Waals surface area contributed by atoms with Crippen molar-refractivity contribution >= 4 is 0 Å². The molecule has 0 fully saturated rings. The molecule has 1 aromatic heterocycles. The molecule has 0 atom stereocenters. The van der Waals surface area contributed by atoms with Crippen LogP contribution in [0.2, 0.25) is 0 Å². The normalized spacial score (nSPS) is 11.7. The molecule has 3 heteroatoms. The van der Waals surface area contributed by atoms with Gasteiger partial charge in [-0.3, -0.25) is 0 Å². The topological polar surface area (TPSA) is 38.0 Å². The van der Waals surface area contributed by atoms with E-state index in [0.29, 0.717) is 0 Å². The van der Waals surface area contributed by atoms with E-state index in [-0.39, 0.29) is 12.0 Å². The number of aromatic nitrogens is 2. The fraction of sp³-hybridized carbons (Fsp3) is 0.357. The van der Waals surface area contributed by atoms with Crippen LogP contribution in [0.3, 0.4) is 0 Å². The van der Waals surface area contributed by atoms with Gasteiger partial charge in [-0.15, -0.1) is 0 Å². The van der Waals surface area contributed by atoms with E-state index >= 15 is 0 Å². The van der Waals surface area contributed by atoms with Gasteiger partial charge in [0, 0.05) is 19.0 Å². The Morgan fingerprint density at radius 2 is 1.94 bits per heavy atom. The van der Waals surface area contributed by atoms with Crippen LogP contribution in [0.5, 0.6) is 0 Å². The Labute approximate surface area is 102 Å². The molecule has 3 nitrogen and oxygen atoms in total. The molecule has 0 unspecified atom stereocenters. The number of rotatable bonds is 4. The van der Waals surface area contributed by atoms with Crippen LogP contribution < -0.4 is 0 Å². The van der Waals surface area contributed by atoms with Crippen LogP contribution in [-0.4, -0.2) is 21.5 Å². The van der Waals surface area contributed by atoms with Crippen LogP contribution in [0.25, 0.3) is 5.69 Å². The summed E-state index contributed by atoms with van der Waals surface area (Å²) in [5.41, 5.74) is 2.23. The smallest absolute Gasteiger partial charge is 0.0645 e. The Hall–Kier alpha value is -1.61. The van der Waals surface area contributed by atoms with Gasteiger partial charge in [-0.25, -0.2) is 4.68 Å². The van der Waals surface area contributed by atoms with Gasteiger partial charge in [0.05, 0.1) is 5.69 Å². The minimum atomic E-state index is -0.0623. The van der Waals surface area contributed by atoms with Crippen molar-refractivity contribution in [3.63, 3.8) is 0 Å². The van der Waals surface area contributed by atoms with Gasteiger partial charge in [-0.2, -0.15) is 5.10 Å². The highest BCUT2D eigenvalue weighted by atomic mass is 16.3. The lowest BCUT2D eigenvalue weighted by Crippen LogP contribution is -2.19. The largest absolute Gasteiger partial charge is 0.396 e. The fourth-order valence-electron chi connectivity index (χ4n) is 1.80. The van der Waals surface area contributed by atoms with Gasteiger partial charge >= 0.3 is 0 Å². The summed E-state index contributed by atoms with van der Waals surface area (Å²) in [4.78, 5) is 0. The molecule has 1 aromatic carbocycles. The average Bonchev–Trinajstić information content (AvgIpc) is 2.83. The number of nitrogens with zero attached hydrogens (tertiary/aromatic N) is 2. The summed E-state index contributed by atoms with van der Waals surface area (Å²) >= 11 is 0. The van der Waals surface area contributed by atoms with Gasteiger partial charge in [0.25, 0.3) is 0 Å². The zero-order valence-corrected chi connectivity index (χ0v) is 10.3. The Bertz CT molecular complexity index is 457. The summed E-state index contributed by atoms with van der Waals surface area (Å²) in [6.45, 7) is 4.33. The molecule has 0 radical (unpaired) electrons. The molecule has 2 aromatic rings. The van der Waals surface area contributed by atoms with Gasteiger partial charge in [-0.1, -0.05) is 26.0 Å². The van der Waals surface area contributed by atoms with Gasteiger partial charge in [-0.05, 0) is 35.6 Å². The molecule has 0 aliphatic rings. The van der Waals surface area contributed by atoms with Crippen LogP contribution in [0.4, 0.5) is 0 Å². The lowest BCUT2D eigenvalue weighted by atomic mass is 9.87. The molecule has 1 N–H and O–H groups in total. The molecular formula is C14H18N2O. The highest BCUT2D eigenvalue weighted by molar-refractivity contribution is 5.34. The molecule has 2 rings (SSSR count). The third-order valence-corrected chi connectivity index (χ3v) is 2.82. The van der Waals surface area contributed by atoms with Crippen LogP contribution in [0.1, 0.15) is 19.4 Å². The molecule has 0 saturated heterocycles. The van der Waals surface area contributed by atoms with E-state index in [1.807, 2.05) is 16.9 Å². The Morgan fingerprint density at radius 1 is 1.24 bits per heavy atom. The Morgan fingerprint density at radius 3 is 2.47 bits per heavy atom. The first kappa shape index (κ1) is 11.9. The minimum absolute atomic E-state index is 0.0623. The second-order valence-corrected chi connectivity index (χ2v) is 5.12. The quantitative estimate of drug-likeness (QED) is 0.876. The first-order chi connectivity index (χ1) is 8.11. The number of hydrogen-bond donors (Lipinski definition) is 1. The van der Waals surface area contributed by atoms with E-state index in [2.05, 4.69) is 43.2 Å². The van der Waals surface area contributed by atoms with E-state index in [0.717, 1.165) is 12.1 Å². The Kier molecular flexibility index (Phi) is 3.29. The summed E-state index contributed by atoms with van der Waals surface area (Å²) < 4.78 is 1.83. The van der Waals surface area contributed by atoms with Gasteiger partial charge < -0.3 is 5.11 Å². The van der Waals surface area contributed by atoms with Gasteiger partial charge in [0.1, 0.15) is 0 Å². The van der Waals surface area contributed by atoms with Crippen LogP contribution in [-0.2, 0) is 6.42 Å². The SMILES string of the molecule is CC(C)(CO)Cc1ccc(-n2cccn2)cc1. The van der Waals surface area contributed by atoms with Crippen LogP contribution >= 0.6 is 0 Å². The maximum atomic E-state index is 9.25. The summed E-state index contributed by atoms with van der Waals surface area (Å²) in [6, 6.07) is 10.2. The van der Waals surface area contributed by atoms with Crippen molar-refractivity contribution in [1.29, 1.82) is 0 Å². The number of benzene rings is 1. The van der Waals surface area contributed by atoms with Crippen molar-refractivity contribution in [3.05, 3.63) is 48.3 Å². The van der Waals surface area contributed by atoms with Crippen molar-refractivity contribution in [1.82, 2.24) is 9.78 Å². The van der Waals surface area contributed by atoms with Crippen molar-refractivity contribution in [2.45, 2.75) is 20.3 Å². The second-order valence-electron chi connectivity index (χ2n) is 5.12. The van der Waals surface area contributed by atoms with E-state index < -0.39 is 0 Å². The maximum absolute atomic E-state index is 9.25. The molecule has 0 amide bonds. The second kappa shape index (κ2) is 4.72. The summed E-state index contributed by atoms with van der Waals surface area (Å²) in [5, 5.41) is 13.4. The third-order valence-electron chi connectivity index (χ3n) is 2.82. The van der Waals surface area contributed by atoms with E-state index in [1.165, 1.54) is 5.56 Å². The summed E-state index contributed by atoms with van der Waals surface area (Å²) in [6.07, 6.45) is 4.57. The van der Waals surface area contributed by atoms with Gasteiger partial charge in [0.15, 0.2) is 0 Å². The highest BCUT2D eigenvalue weighted by Gasteiger charge is 2.16. The number of aliphatic hydroxyl groups is 1. The maximum Gasteiger partial charge on any atom is 0.0645 e. The lowest BCUT2D eigenvalue weighted by Gasteiger charge is -2.21. The molecular weight excluding hydrogens is 212 g/mol. The van der Waals surface area contributed by atoms with E-state index in [4.69, 9.17) is 0 Å². The minimum Gasteiger partial charge on any atom is -0.396 e. The lowest BCUT2D eigenvalue weighted by molar-refractivity contribution is 0.159. The molecule has 0 bridgehead atoms. The molecule has 0 saturated carbocycles. The van der Waals surface area contributed by atoms with E-state index in [1.54, 1.807) is 6.20 Å². The zero-order valence-electron chi connectivity index (χ0n) is 10.3. The van der Waals surface area contributed by atoms with Crippen molar-refractivity contribution in [2.75, 3.05) is 6.61 Å². The predicted molar refractivity (Wildman–Crippen MR) is 68.1 cm³/mol. The summed E-state index contributed by atoms with van der Waals surface area (Å²) in [5.74, 6) is 0. The predicted octanol–water partition coefficient (Wildman–Crippen LogP) is 2.43. The van der Waals surface area contributed by atoms with Crippen LogP contribution in [0.15, 0.2) is 42.7 Å². The fourth-order valence-corrected chi connectivity index (χ4v) is 1.80. The molecule has 0 aliphatic carbocycles. The van der Waals surface area contributed by atoms with Crippen molar-refractivity contribution in [2.24, 2.45) is 5.41 Å². The summed E-state index contributed by atoms with van der Waals surface area (Å²) in [7, 11) is 0. The average molecular weight is 230 g/mol. The molecule has 17 heavy (non-hydrogen) atoms. The molecule has 0 aliphatic heterocycles. The third kappa shape index (κ3) is 2.94. The molecule has 1 heterocycles. The molecule has 0 spiro atoms. The number of hydrogen-bond acceptors (Lipinski definition) is 2.